The fraction of sp³-hybridized carbons (Fsp3) is 0.118. The number of hydrogen-bond donors (Lipinski definition) is 3. The second-order valence-corrected chi connectivity index (χ2v) is 4.74. The first-order chi connectivity index (χ1) is 10.6. The number of aldehydes is 1. The molecule has 22 heavy (non-hydrogen) atoms. The molecule has 5 heteroatoms. The summed E-state index contributed by atoms with van der Waals surface area (Å²) in [5.74, 6) is -0.441. The van der Waals surface area contributed by atoms with Crippen LogP contribution in [0.1, 0.15) is 5.56 Å². The van der Waals surface area contributed by atoms with Crippen LogP contribution in [0.25, 0.3) is 16.7 Å². The maximum absolute atomic E-state index is 14.4. The number of aliphatic hydroxyl groups excluding tert-OH is 1. The molecular formula is C17H17FN2O2. The number of rotatable bonds is 5. The number of aliphatic hydroxyl groups is 1. The van der Waals surface area contributed by atoms with Crippen molar-refractivity contribution in [3.8, 4) is 11.1 Å². The molecule has 0 radical (unpaired) electrons. The topological polar surface area (TPSA) is 75.3 Å². The van der Waals surface area contributed by atoms with Gasteiger partial charge in [0.2, 0.25) is 0 Å². The number of carbonyl (C=O) groups is 1. The highest BCUT2D eigenvalue weighted by atomic mass is 19.1. The van der Waals surface area contributed by atoms with Gasteiger partial charge in [0.15, 0.2) is 0 Å². The van der Waals surface area contributed by atoms with Crippen molar-refractivity contribution >= 4 is 23.2 Å². The molecule has 0 fully saturated rings. The van der Waals surface area contributed by atoms with Crippen molar-refractivity contribution in [3.05, 3.63) is 53.9 Å². The van der Waals surface area contributed by atoms with Crippen LogP contribution in [0.3, 0.4) is 0 Å². The van der Waals surface area contributed by atoms with Gasteiger partial charge >= 0.3 is 0 Å². The quantitative estimate of drug-likeness (QED) is 0.451. The van der Waals surface area contributed by atoms with E-state index in [0.29, 0.717) is 39.9 Å². The SMILES string of the molecule is CNc1cc(-c2ccc(N)cc2)c(F)cc1/C(=C\C=O)CO. The Morgan fingerprint density at radius 2 is 2.00 bits per heavy atom. The Bertz CT molecular complexity index is 709. The van der Waals surface area contributed by atoms with Crippen molar-refractivity contribution < 1.29 is 14.3 Å². The minimum Gasteiger partial charge on any atom is -0.399 e. The summed E-state index contributed by atoms with van der Waals surface area (Å²) >= 11 is 0. The van der Waals surface area contributed by atoms with Crippen LogP contribution in [0.5, 0.6) is 0 Å². The molecule has 0 saturated heterocycles. The number of carbonyl (C=O) groups excluding carboxylic acids is 1. The number of halogens is 1. The molecule has 0 aliphatic carbocycles. The largest absolute Gasteiger partial charge is 0.399 e. The van der Waals surface area contributed by atoms with Crippen LogP contribution < -0.4 is 11.1 Å². The molecule has 0 bridgehead atoms. The molecule has 4 nitrogen and oxygen atoms in total. The van der Waals surface area contributed by atoms with Gasteiger partial charge in [0, 0.05) is 29.5 Å². The van der Waals surface area contributed by atoms with Gasteiger partial charge < -0.3 is 16.2 Å². The molecule has 0 amide bonds. The van der Waals surface area contributed by atoms with Crippen molar-refractivity contribution in [2.24, 2.45) is 0 Å². The first-order valence-electron chi connectivity index (χ1n) is 6.73. The Morgan fingerprint density at radius 3 is 2.55 bits per heavy atom. The molecular weight excluding hydrogens is 283 g/mol. The summed E-state index contributed by atoms with van der Waals surface area (Å²) in [5, 5.41) is 12.3. The Labute approximate surface area is 128 Å². The summed E-state index contributed by atoms with van der Waals surface area (Å²) in [5.41, 5.74) is 8.77. The lowest BCUT2D eigenvalue weighted by Gasteiger charge is -2.14. The maximum atomic E-state index is 14.4. The molecule has 0 spiro atoms. The molecule has 4 N–H and O–H groups in total. The van der Waals surface area contributed by atoms with E-state index in [-0.39, 0.29) is 6.61 Å². The van der Waals surface area contributed by atoms with E-state index < -0.39 is 5.82 Å². The third-order valence-corrected chi connectivity index (χ3v) is 3.38. The smallest absolute Gasteiger partial charge is 0.143 e. The maximum Gasteiger partial charge on any atom is 0.143 e. The number of nitrogen functional groups attached to an aromatic ring is 1. The van der Waals surface area contributed by atoms with Gasteiger partial charge in [-0.1, -0.05) is 12.1 Å². The van der Waals surface area contributed by atoms with E-state index >= 15 is 0 Å². The van der Waals surface area contributed by atoms with Gasteiger partial charge in [0.1, 0.15) is 12.1 Å². The van der Waals surface area contributed by atoms with Crippen molar-refractivity contribution in [3.63, 3.8) is 0 Å². The van der Waals surface area contributed by atoms with Crippen LogP contribution in [-0.4, -0.2) is 25.0 Å². The number of allylic oxidation sites excluding steroid dienone is 1. The van der Waals surface area contributed by atoms with Crippen LogP contribution in [0.4, 0.5) is 15.8 Å². The molecule has 0 saturated carbocycles. The van der Waals surface area contributed by atoms with Gasteiger partial charge in [0.25, 0.3) is 0 Å². The molecule has 0 unspecified atom stereocenters. The van der Waals surface area contributed by atoms with Gasteiger partial charge in [-0.2, -0.15) is 0 Å². The number of anilines is 2. The van der Waals surface area contributed by atoms with Crippen molar-refractivity contribution in [2.75, 3.05) is 24.7 Å². The summed E-state index contributed by atoms with van der Waals surface area (Å²) in [6.45, 7) is -0.353. The van der Waals surface area contributed by atoms with Crippen LogP contribution in [0.15, 0.2) is 42.5 Å². The second-order valence-electron chi connectivity index (χ2n) is 4.74. The monoisotopic (exact) mass is 300 g/mol. The van der Waals surface area contributed by atoms with Crippen molar-refractivity contribution in [1.29, 1.82) is 0 Å². The number of hydrogen-bond acceptors (Lipinski definition) is 4. The van der Waals surface area contributed by atoms with E-state index in [0.717, 1.165) is 0 Å². The molecule has 0 aliphatic heterocycles. The number of nitrogens with one attached hydrogen (secondary N) is 1. The zero-order valence-corrected chi connectivity index (χ0v) is 12.1. The molecule has 2 rings (SSSR count). The Balaban J connectivity index is 2.58. The van der Waals surface area contributed by atoms with Gasteiger partial charge in [-0.15, -0.1) is 0 Å². The summed E-state index contributed by atoms with van der Waals surface area (Å²) in [6.07, 6.45) is 1.79. The Hall–Kier alpha value is -2.66. The highest BCUT2D eigenvalue weighted by molar-refractivity contribution is 5.88. The van der Waals surface area contributed by atoms with E-state index in [1.165, 1.54) is 12.1 Å². The van der Waals surface area contributed by atoms with E-state index in [4.69, 9.17) is 5.73 Å². The predicted molar refractivity (Wildman–Crippen MR) is 86.9 cm³/mol. The van der Waals surface area contributed by atoms with Crippen LogP contribution in [-0.2, 0) is 4.79 Å². The fourth-order valence-corrected chi connectivity index (χ4v) is 2.24. The summed E-state index contributed by atoms with van der Waals surface area (Å²) in [4.78, 5) is 10.6. The zero-order valence-electron chi connectivity index (χ0n) is 12.1. The summed E-state index contributed by atoms with van der Waals surface area (Å²) in [7, 11) is 1.69. The molecule has 0 aromatic heterocycles. The third kappa shape index (κ3) is 3.15. The standard InChI is InChI=1S/C17H17FN2O2/c1-20-17-9-14(11-2-4-13(19)5-3-11)16(18)8-15(17)12(10-22)6-7-21/h2-9,20,22H,10,19H2,1H3/b12-6-. The summed E-state index contributed by atoms with van der Waals surface area (Å²) < 4.78 is 14.4. The van der Waals surface area contributed by atoms with Gasteiger partial charge in [0.05, 0.1) is 6.61 Å². The lowest BCUT2D eigenvalue weighted by Crippen LogP contribution is -2.01. The Morgan fingerprint density at radius 1 is 1.32 bits per heavy atom. The molecule has 114 valence electrons. The highest BCUT2D eigenvalue weighted by Gasteiger charge is 2.13. The zero-order chi connectivity index (χ0) is 16.1. The Kier molecular flexibility index (Phi) is 4.91. The molecule has 0 aliphatic rings. The van der Waals surface area contributed by atoms with E-state index in [1.807, 2.05) is 0 Å². The van der Waals surface area contributed by atoms with Crippen LogP contribution in [0.2, 0.25) is 0 Å². The molecule has 2 aromatic carbocycles. The fourth-order valence-electron chi connectivity index (χ4n) is 2.24. The average molecular weight is 300 g/mol. The predicted octanol–water partition coefficient (Wildman–Crippen LogP) is 2.69. The van der Waals surface area contributed by atoms with Gasteiger partial charge in [-0.25, -0.2) is 4.39 Å². The molecule has 0 heterocycles. The van der Waals surface area contributed by atoms with E-state index in [9.17, 15) is 14.3 Å². The minimum absolute atomic E-state index is 0.349. The third-order valence-electron chi connectivity index (χ3n) is 3.38. The highest BCUT2D eigenvalue weighted by Crippen LogP contribution is 2.32. The lowest BCUT2D eigenvalue weighted by atomic mass is 9.97. The minimum atomic E-state index is -0.441. The molecule has 2 aromatic rings. The summed E-state index contributed by atoms with van der Waals surface area (Å²) in [6, 6.07) is 9.83. The van der Waals surface area contributed by atoms with Crippen molar-refractivity contribution in [1.82, 2.24) is 0 Å². The van der Waals surface area contributed by atoms with Crippen molar-refractivity contribution in [2.45, 2.75) is 0 Å². The molecule has 0 atom stereocenters. The first-order valence-corrected chi connectivity index (χ1v) is 6.73. The van der Waals surface area contributed by atoms with Gasteiger partial charge in [-0.05, 0) is 41.5 Å². The van der Waals surface area contributed by atoms with Crippen LogP contribution in [0, 0.1) is 5.82 Å². The van der Waals surface area contributed by atoms with E-state index in [1.54, 1.807) is 37.4 Å². The lowest BCUT2D eigenvalue weighted by molar-refractivity contribution is -0.104. The van der Waals surface area contributed by atoms with Gasteiger partial charge in [-0.3, -0.25) is 4.79 Å². The average Bonchev–Trinajstić information content (AvgIpc) is 2.53. The first kappa shape index (κ1) is 15.7. The van der Waals surface area contributed by atoms with E-state index in [2.05, 4.69) is 5.32 Å². The number of nitrogens with two attached hydrogens (primary N) is 1. The normalized spacial score (nSPS) is 11.3. The van der Waals surface area contributed by atoms with Crippen LogP contribution >= 0.6 is 0 Å². The second kappa shape index (κ2) is 6.87. The number of benzene rings is 2.